The average molecular weight is 256 g/mol. The predicted molar refractivity (Wildman–Crippen MR) is 69.9 cm³/mol. The second kappa shape index (κ2) is 5.30. The molecule has 4 amide bonds. The molecule has 1 aromatic carbocycles. The Balaban J connectivity index is 2.36. The van der Waals surface area contributed by atoms with Crippen LogP contribution in [0.2, 0.25) is 0 Å². The molecule has 0 atom stereocenters. The number of barbiturate groups is 1. The summed E-state index contributed by atoms with van der Waals surface area (Å²) in [5.74, 6) is -1.29. The van der Waals surface area contributed by atoms with Gasteiger partial charge < -0.3 is 0 Å². The molecule has 1 heterocycles. The van der Waals surface area contributed by atoms with Crippen LogP contribution >= 0.6 is 0 Å². The lowest BCUT2D eigenvalue weighted by Crippen LogP contribution is -2.54. The van der Waals surface area contributed by atoms with Crippen molar-refractivity contribution in [1.82, 2.24) is 10.2 Å². The summed E-state index contributed by atoms with van der Waals surface area (Å²) in [4.78, 5) is 36.2. The second-order valence-corrected chi connectivity index (χ2v) is 3.93. The summed E-state index contributed by atoms with van der Waals surface area (Å²) in [6.07, 6.45) is 2.88. The molecule has 1 fully saturated rings. The van der Waals surface area contributed by atoms with Crippen molar-refractivity contribution in [3.8, 4) is 0 Å². The number of benzene rings is 1. The fourth-order valence-electron chi connectivity index (χ4n) is 1.70. The van der Waals surface area contributed by atoms with Crippen molar-refractivity contribution >= 4 is 23.9 Å². The van der Waals surface area contributed by atoms with E-state index >= 15 is 0 Å². The molecule has 5 heteroatoms. The maximum absolute atomic E-state index is 12.1. The quantitative estimate of drug-likeness (QED) is 0.504. The predicted octanol–water partition coefficient (Wildman–Crippen LogP) is 1.33. The number of imide groups is 2. The Hall–Kier alpha value is -2.69. The summed E-state index contributed by atoms with van der Waals surface area (Å²) in [5, 5.41) is 2.13. The minimum atomic E-state index is -0.722. The van der Waals surface area contributed by atoms with E-state index in [0.717, 1.165) is 4.90 Å². The lowest BCUT2D eigenvalue weighted by Gasteiger charge is -2.25. The van der Waals surface area contributed by atoms with Crippen LogP contribution in [0.15, 0.2) is 48.6 Å². The number of hydrogen-bond acceptors (Lipinski definition) is 3. The first-order valence-electron chi connectivity index (χ1n) is 5.68. The van der Waals surface area contributed by atoms with Gasteiger partial charge in [-0.05, 0) is 11.6 Å². The average Bonchev–Trinajstić information content (AvgIpc) is 2.41. The van der Waals surface area contributed by atoms with E-state index in [4.69, 9.17) is 0 Å². The third-order valence-electron chi connectivity index (χ3n) is 2.61. The van der Waals surface area contributed by atoms with Gasteiger partial charge in [-0.1, -0.05) is 36.4 Å². The molecule has 19 heavy (non-hydrogen) atoms. The molecule has 1 aliphatic rings. The topological polar surface area (TPSA) is 66.5 Å². The zero-order valence-corrected chi connectivity index (χ0v) is 10.1. The highest BCUT2D eigenvalue weighted by atomic mass is 16.2. The zero-order chi connectivity index (χ0) is 13.8. The molecule has 1 aromatic rings. The van der Waals surface area contributed by atoms with Crippen LogP contribution in [-0.4, -0.2) is 29.3 Å². The maximum Gasteiger partial charge on any atom is 0.331 e. The number of rotatable bonds is 3. The summed E-state index contributed by atoms with van der Waals surface area (Å²) in [5.41, 5.74) is 0.654. The molecule has 0 unspecified atom stereocenters. The van der Waals surface area contributed by atoms with Crippen LogP contribution in [0.3, 0.4) is 0 Å². The number of hydrogen-bond donors (Lipinski definition) is 1. The van der Waals surface area contributed by atoms with Crippen molar-refractivity contribution in [2.45, 2.75) is 0 Å². The lowest BCUT2D eigenvalue weighted by molar-refractivity contribution is -0.129. The van der Waals surface area contributed by atoms with Crippen molar-refractivity contribution in [3.05, 3.63) is 54.1 Å². The minimum Gasteiger partial charge on any atom is -0.273 e. The molecule has 0 spiro atoms. The van der Waals surface area contributed by atoms with Crippen molar-refractivity contribution in [1.29, 1.82) is 0 Å². The fraction of sp³-hybridized carbons (Fsp3) is 0.0714. The van der Waals surface area contributed by atoms with Crippen LogP contribution in [0.5, 0.6) is 0 Å². The van der Waals surface area contributed by atoms with Gasteiger partial charge >= 0.3 is 6.03 Å². The van der Waals surface area contributed by atoms with Crippen LogP contribution in [0.1, 0.15) is 5.56 Å². The fourth-order valence-corrected chi connectivity index (χ4v) is 1.70. The molecule has 2 rings (SSSR count). The second-order valence-electron chi connectivity index (χ2n) is 3.93. The summed E-state index contributed by atoms with van der Waals surface area (Å²) < 4.78 is 0. The molecule has 0 radical (unpaired) electrons. The van der Waals surface area contributed by atoms with E-state index in [1.54, 1.807) is 24.3 Å². The largest absolute Gasteiger partial charge is 0.331 e. The van der Waals surface area contributed by atoms with E-state index < -0.39 is 17.8 Å². The number of amides is 4. The number of nitrogens with one attached hydrogen (secondary N) is 1. The molecule has 0 saturated carbocycles. The highest BCUT2D eigenvalue weighted by Gasteiger charge is 2.34. The Kier molecular flexibility index (Phi) is 3.56. The van der Waals surface area contributed by atoms with Crippen molar-refractivity contribution in [2.24, 2.45) is 0 Å². The molecule has 0 bridgehead atoms. The standard InChI is InChI=1S/C14H12N2O3/c1-2-8-16-13(18)11(12(17)15-14(16)19)9-10-6-4-3-5-7-10/h2-7,9H,1,8H2,(H,15,17,19). The number of carbonyl (C=O) groups excluding carboxylic acids is 3. The first-order valence-corrected chi connectivity index (χ1v) is 5.68. The number of nitrogens with zero attached hydrogens (tertiary/aromatic N) is 1. The third-order valence-corrected chi connectivity index (χ3v) is 2.61. The van der Waals surface area contributed by atoms with Gasteiger partial charge in [-0.3, -0.25) is 19.8 Å². The first-order chi connectivity index (χ1) is 9.13. The summed E-state index contributed by atoms with van der Waals surface area (Å²) >= 11 is 0. The molecular formula is C14H12N2O3. The molecule has 1 saturated heterocycles. The van der Waals surface area contributed by atoms with E-state index in [-0.39, 0.29) is 12.1 Å². The van der Waals surface area contributed by atoms with Crippen molar-refractivity contribution in [3.63, 3.8) is 0 Å². The minimum absolute atomic E-state index is 0.0596. The molecule has 1 aliphatic heterocycles. The van der Waals surface area contributed by atoms with E-state index in [2.05, 4.69) is 11.9 Å². The van der Waals surface area contributed by atoms with Gasteiger partial charge in [-0.2, -0.15) is 0 Å². The van der Waals surface area contributed by atoms with Crippen LogP contribution < -0.4 is 5.32 Å². The van der Waals surface area contributed by atoms with Crippen LogP contribution in [0, 0.1) is 0 Å². The number of carbonyl (C=O) groups is 3. The highest BCUT2D eigenvalue weighted by Crippen LogP contribution is 2.14. The summed E-state index contributed by atoms with van der Waals surface area (Å²) in [7, 11) is 0. The zero-order valence-electron chi connectivity index (χ0n) is 10.1. The molecular weight excluding hydrogens is 244 g/mol. The van der Waals surface area contributed by atoms with Gasteiger partial charge in [-0.15, -0.1) is 6.58 Å². The van der Waals surface area contributed by atoms with E-state index in [0.29, 0.717) is 5.56 Å². The SMILES string of the molecule is C=CCN1C(=O)NC(=O)C(=Cc2ccccc2)C1=O. The Morgan fingerprint density at radius 1 is 1.16 bits per heavy atom. The van der Waals surface area contributed by atoms with E-state index in [1.165, 1.54) is 12.2 Å². The molecule has 0 aliphatic carbocycles. The smallest absolute Gasteiger partial charge is 0.273 e. The molecule has 5 nitrogen and oxygen atoms in total. The lowest BCUT2D eigenvalue weighted by atomic mass is 10.1. The molecule has 1 N–H and O–H groups in total. The summed E-state index contributed by atoms with van der Waals surface area (Å²) in [6.45, 7) is 3.53. The Morgan fingerprint density at radius 3 is 2.47 bits per heavy atom. The number of urea groups is 1. The Bertz CT molecular complexity index is 576. The Morgan fingerprint density at radius 2 is 1.84 bits per heavy atom. The van der Waals surface area contributed by atoms with Crippen molar-refractivity contribution in [2.75, 3.05) is 6.54 Å². The normalized spacial score (nSPS) is 17.6. The van der Waals surface area contributed by atoms with Crippen LogP contribution in [0.4, 0.5) is 4.79 Å². The first kappa shape index (κ1) is 12.8. The van der Waals surface area contributed by atoms with E-state index in [1.807, 2.05) is 6.07 Å². The highest BCUT2D eigenvalue weighted by molar-refractivity contribution is 6.31. The third kappa shape index (κ3) is 2.60. The van der Waals surface area contributed by atoms with E-state index in [9.17, 15) is 14.4 Å². The maximum atomic E-state index is 12.1. The van der Waals surface area contributed by atoms with Gasteiger partial charge in [0, 0.05) is 6.54 Å². The van der Waals surface area contributed by atoms with Gasteiger partial charge in [0.1, 0.15) is 5.57 Å². The van der Waals surface area contributed by atoms with Gasteiger partial charge in [0.2, 0.25) is 0 Å². The van der Waals surface area contributed by atoms with Crippen LogP contribution in [-0.2, 0) is 9.59 Å². The van der Waals surface area contributed by atoms with Gasteiger partial charge in [0.15, 0.2) is 0 Å². The summed E-state index contributed by atoms with van der Waals surface area (Å²) in [6, 6.07) is 8.23. The van der Waals surface area contributed by atoms with Gasteiger partial charge in [0.25, 0.3) is 11.8 Å². The molecule has 0 aromatic heterocycles. The van der Waals surface area contributed by atoms with Gasteiger partial charge in [-0.25, -0.2) is 4.79 Å². The molecule has 96 valence electrons. The van der Waals surface area contributed by atoms with Crippen molar-refractivity contribution < 1.29 is 14.4 Å². The van der Waals surface area contributed by atoms with Crippen LogP contribution in [0.25, 0.3) is 6.08 Å². The monoisotopic (exact) mass is 256 g/mol. The Labute approximate surface area is 110 Å². The van der Waals surface area contributed by atoms with Gasteiger partial charge in [0.05, 0.1) is 0 Å².